The minimum absolute atomic E-state index is 0.0936. The van der Waals surface area contributed by atoms with E-state index in [1.807, 2.05) is 42.6 Å². The van der Waals surface area contributed by atoms with Crippen molar-refractivity contribution in [2.75, 3.05) is 7.05 Å². The molecule has 0 unspecified atom stereocenters. The summed E-state index contributed by atoms with van der Waals surface area (Å²) in [5.74, 6) is 0.523. The lowest BCUT2D eigenvalue weighted by atomic mass is 10.1. The summed E-state index contributed by atoms with van der Waals surface area (Å²) in [7, 11) is 1.73. The van der Waals surface area contributed by atoms with Crippen molar-refractivity contribution >= 4 is 5.91 Å². The highest BCUT2D eigenvalue weighted by Gasteiger charge is 2.15. The van der Waals surface area contributed by atoms with E-state index in [1.165, 1.54) is 0 Å². The minimum Gasteiger partial charge on any atom is -0.359 e. The molecule has 0 fully saturated rings. The summed E-state index contributed by atoms with van der Waals surface area (Å²) in [6, 6.07) is 14.7. The Morgan fingerprint density at radius 3 is 2.59 bits per heavy atom. The standard InChI is InChI=1S/C20H17N5O2/c1-24(14-18-13-19(23-27-18)15-7-10-21-11-8-15)20(26)16-3-5-17(6-4-16)25-12-2-9-22-25/h2-13H,14H2,1H3. The molecule has 0 atom stereocenters. The summed E-state index contributed by atoms with van der Waals surface area (Å²) in [6.07, 6.45) is 6.97. The van der Waals surface area contributed by atoms with Crippen LogP contribution >= 0.6 is 0 Å². The molecular formula is C20H17N5O2. The summed E-state index contributed by atoms with van der Waals surface area (Å²) in [5.41, 5.74) is 3.14. The molecule has 27 heavy (non-hydrogen) atoms. The van der Waals surface area contributed by atoms with Crippen LogP contribution in [0.15, 0.2) is 77.8 Å². The van der Waals surface area contributed by atoms with Crippen LogP contribution in [0.4, 0.5) is 0 Å². The van der Waals surface area contributed by atoms with E-state index >= 15 is 0 Å². The lowest BCUT2D eigenvalue weighted by molar-refractivity contribution is 0.0772. The predicted octanol–water partition coefficient (Wildman–Crippen LogP) is 3.19. The van der Waals surface area contributed by atoms with E-state index in [1.54, 1.807) is 47.4 Å². The third kappa shape index (κ3) is 3.62. The number of hydrogen-bond acceptors (Lipinski definition) is 5. The van der Waals surface area contributed by atoms with Crippen molar-refractivity contribution in [3.8, 4) is 16.9 Å². The van der Waals surface area contributed by atoms with Crippen molar-refractivity contribution in [2.24, 2.45) is 0 Å². The number of hydrogen-bond donors (Lipinski definition) is 0. The molecule has 0 spiro atoms. The van der Waals surface area contributed by atoms with Gasteiger partial charge in [0.2, 0.25) is 0 Å². The van der Waals surface area contributed by atoms with E-state index in [9.17, 15) is 4.79 Å². The zero-order valence-corrected chi connectivity index (χ0v) is 14.7. The molecule has 0 N–H and O–H groups in total. The third-order valence-electron chi connectivity index (χ3n) is 4.16. The Kier molecular flexibility index (Phi) is 4.49. The second-order valence-electron chi connectivity index (χ2n) is 6.07. The van der Waals surface area contributed by atoms with E-state index in [-0.39, 0.29) is 5.91 Å². The highest BCUT2D eigenvalue weighted by molar-refractivity contribution is 5.94. The van der Waals surface area contributed by atoms with Gasteiger partial charge in [-0.1, -0.05) is 5.16 Å². The molecule has 3 aromatic heterocycles. The monoisotopic (exact) mass is 359 g/mol. The lowest BCUT2D eigenvalue weighted by Gasteiger charge is -2.15. The van der Waals surface area contributed by atoms with Gasteiger partial charge < -0.3 is 9.42 Å². The molecule has 0 aliphatic rings. The number of aromatic nitrogens is 4. The number of amides is 1. The molecular weight excluding hydrogens is 342 g/mol. The molecule has 0 saturated heterocycles. The van der Waals surface area contributed by atoms with Gasteiger partial charge in [-0.05, 0) is 42.5 Å². The van der Waals surface area contributed by atoms with E-state index in [0.717, 1.165) is 16.9 Å². The molecule has 0 aliphatic carbocycles. The highest BCUT2D eigenvalue weighted by atomic mass is 16.5. The summed E-state index contributed by atoms with van der Waals surface area (Å²) in [6.45, 7) is 0.331. The van der Waals surface area contributed by atoms with Gasteiger partial charge in [-0.3, -0.25) is 9.78 Å². The maximum Gasteiger partial charge on any atom is 0.254 e. The molecule has 0 aliphatic heterocycles. The van der Waals surface area contributed by atoms with Gasteiger partial charge in [-0.15, -0.1) is 0 Å². The summed E-state index contributed by atoms with van der Waals surface area (Å²) in [4.78, 5) is 18.2. The molecule has 0 radical (unpaired) electrons. The van der Waals surface area contributed by atoms with Crippen LogP contribution in [0.2, 0.25) is 0 Å². The van der Waals surface area contributed by atoms with Crippen molar-refractivity contribution < 1.29 is 9.32 Å². The zero-order valence-electron chi connectivity index (χ0n) is 14.7. The molecule has 4 rings (SSSR count). The first-order valence-electron chi connectivity index (χ1n) is 8.42. The van der Waals surface area contributed by atoms with Gasteiger partial charge in [0.15, 0.2) is 5.76 Å². The fraction of sp³-hybridized carbons (Fsp3) is 0.100. The number of carbonyl (C=O) groups excluding carboxylic acids is 1. The quantitative estimate of drug-likeness (QED) is 0.547. The SMILES string of the molecule is CN(Cc1cc(-c2ccncc2)no1)C(=O)c1ccc(-n2cccn2)cc1. The van der Waals surface area contributed by atoms with Gasteiger partial charge in [0.1, 0.15) is 5.69 Å². The number of pyridine rings is 1. The number of rotatable bonds is 5. The molecule has 1 aromatic carbocycles. The van der Waals surface area contributed by atoms with Gasteiger partial charge >= 0.3 is 0 Å². The fourth-order valence-electron chi connectivity index (χ4n) is 2.75. The molecule has 3 heterocycles. The first kappa shape index (κ1) is 16.7. The van der Waals surface area contributed by atoms with Gasteiger partial charge in [0.25, 0.3) is 5.91 Å². The van der Waals surface area contributed by atoms with Crippen LogP contribution in [0.1, 0.15) is 16.1 Å². The number of nitrogens with zero attached hydrogens (tertiary/aromatic N) is 5. The summed E-state index contributed by atoms with van der Waals surface area (Å²) >= 11 is 0. The van der Waals surface area contributed by atoms with Crippen molar-refractivity contribution in [3.63, 3.8) is 0 Å². The average Bonchev–Trinajstić information content (AvgIpc) is 3.40. The maximum absolute atomic E-state index is 12.7. The van der Waals surface area contributed by atoms with Crippen LogP contribution in [0.3, 0.4) is 0 Å². The fourth-order valence-corrected chi connectivity index (χ4v) is 2.75. The van der Waals surface area contributed by atoms with Crippen molar-refractivity contribution in [1.29, 1.82) is 0 Å². The van der Waals surface area contributed by atoms with Crippen LogP contribution in [0, 0.1) is 0 Å². The largest absolute Gasteiger partial charge is 0.359 e. The predicted molar refractivity (Wildman–Crippen MR) is 99.1 cm³/mol. The Labute approximate surface area is 155 Å². The molecule has 0 bridgehead atoms. The topological polar surface area (TPSA) is 77.0 Å². The van der Waals surface area contributed by atoms with Crippen LogP contribution in [0.5, 0.6) is 0 Å². The number of carbonyl (C=O) groups is 1. The first-order valence-corrected chi connectivity index (χ1v) is 8.42. The normalized spacial score (nSPS) is 10.7. The van der Waals surface area contributed by atoms with Gasteiger partial charge in [-0.2, -0.15) is 5.10 Å². The van der Waals surface area contributed by atoms with Crippen LogP contribution in [-0.2, 0) is 6.54 Å². The average molecular weight is 359 g/mol. The lowest BCUT2D eigenvalue weighted by Crippen LogP contribution is -2.26. The van der Waals surface area contributed by atoms with Crippen LogP contribution < -0.4 is 0 Å². The second kappa shape index (κ2) is 7.25. The zero-order chi connectivity index (χ0) is 18.6. The highest BCUT2D eigenvalue weighted by Crippen LogP contribution is 2.19. The summed E-state index contributed by atoms with van der Waals surface area (Å²) in [5, 5.41) is 8.24. The maximum atomic E-state index is 12.7. The van der Waals surface area contributed by atoms with E-state index in [2.05, 4.69) is 15.2 Å². The molecule has 7 nitrogen and oxygen atoms in total. The molecule has 1 amide bonds. The molecule has 0 saturated carbocycles. The Morgan fingerprint density at radius 2 is 1.89 bits per heavy atom. The molecule has 7 heteroatoms. The van der Waals surface area contributed by atoms with Crippen LogP contribution in [-0.4, -0.2) is 37.8 Å². The Bertz CT molecular complexity index is 1020. The summed E-state index contributed by atoms with van der Waals surface area (Å²) < 4.78 is 7.11. The van der Waals surface area contributed by atoms with Gasteiger partial charge in [-0.25, -0.2) is 4.68 Å². The van der Waals surface area contributed by atoms with Gasteiger partial charge in [0.05, 0.1) is 12.2 Å². The van der Waals surface area contributed by atoms with Crippen molar-refractivity contribution in [3.05, 3.63) is 84.6 Å². The Hall–Kier alpha value is -3.74. The minimum atomic E-state index is -0.0936. The third-order valence-corrected chi connectivity index (χ3v) is 4.16. The first-order chi connectivity index (χ1) is 13.2. The molecule has 4 aromatic rings. The number of benzene rings is 1. The van der Waals surface area contributed by atoms with E-state index < -0.39 is 0 Å². The second-order valence-corrected chi connectivity index (χ2v) is 6.07. The Balaban J connectivity index is 1.44. The smallest absolute Gasteiger partial charge is 0.254 e. The Morgan fingerprint density at radius 1 is 1.11 bits per heavy atom. The van der Waals surface area contributed by atoms with Crippen LogP contribution in [0.25, 0.3) is 16.9 Å². The van der Waals surface area contributed by atoms with Gasteiger partial charge in [0, 0.05) is 49.0 Å². The van der Waals surface area contributed by atoms with E-state index in [0.29, 0.717) is 17.9 Å². The van der Waals surface area contributed by atoms with Crippen molar-refractivity contribution in [1.82, 2.24) is 24.8 Å². The molecule has 134 valence electrons. The van der Waals surface area contributed by atoms with Crippen molar-refractivity contribution in [2.45, 2.75) is 6.54 Å². The van der Waals surface area contributed by atoms with E-state index in [4.69, 9.17) is 4.52 Å².